The van der Waals surface area contributed by atoms with Crippen LogP contribution in [0, 0.1) is 0 Å². The van der Waals surface area contributed by atoms with E-state index in [2.05, 4.69) is 4.98 Å². The van der Waals surface area contributed by atoms with Crippen LogP contribution >= 0.6 is 0 Å². The maximum atomic E-state index is 11.6. The number of carbonyl (C=O) groups is 1. The summed E-state index contributed by atoms with van der Waals surface area (Å²) in [5, 5.41) is 0. The summed E-state index contributed by atoms with van der Waals surface area (Å²) in [5.41, 5.74) is 0. The zero-order chi connectivity index (χ0) is 11.5. The van der Waals surface area contributed by atoms with Crippen LogP contribution in [0.25, 0.3) is 0 Å². The Kier molecular flexibility index (Phi) is 3.09. The Morgan fingerprint density at radius 2 is 2.50 bits per heavy atom. The van der Waals surface area contributed by atoms with E-state index in [1.54, 1.807) is 6.20 Å². The van der Waals surface area contributed by atoms with Gasteiger partial charge in [0, 0.05) is 26.0 Å². The molecule has 88 valence electrons. The number of esters is 1. The van der Waals surface area contributed by atoms with Gasteiger partial charge in [-0.05, 0) is 0 Å². The third-order valence-electron chi connectivity index (χ3n) is 2.65. The Hall–Kier alpha value is -1.56. The molecule has 0 amide bonds. The van der Waals surface area contributed by atoms with Crippen LogP contribution in [-0.4, -0.2) is 48.4 Å². The molecule has 0 radical (unpaired) electrons. The molecule has 0 saturated carbocycles. The number of aryl methyl sites for hydroxylation is 1. The predicted molar refractivity (Wildman–Crippen MR) is 57.2 cm³/mol. The van der Waals surface area contributed by atoms with Crippen LogP contribution in [0.3, 0.4) is 0 Å². The first-order valence-corrected chi connectivity index (χ1v) is 5.13. The molecule has 2 rings (SSSR count). The Bertz CT molecular complexity index is 377. The number of aromatic nitrogens is 2. The van der Waals surface area contributed by atoms with E-state index in [1.807, 2.05) is 22.7 Å². The number of imidazole rings is 1. The summed E-state index contributed by atoms with van der Waals surface area (Å²) < 4.78 is 11.9. The summed E-state index contributed by atoms with van der Waals surface area (Å²) in [6.07, 6.45) is 3.55. The summed E-state index contributed by atoms with van der Waals surface area (Å²) in [6, 6.07) is -0.403. The summed E-state index contributed by atoms with van der Waals surface area (Å²) in [4.78, 5) is 17.7. The van der Waals surface area contributed by atoms with Gasteiger partial charge in [0.15, 0.2) is 6.04 Å². The third-order valence-corrected chi connectivity index (χ3v) is 2.65. The van der Waals surface area contributed by atoms with Gasteiger partial charge in [0.1, 0.15) is 0 Å². The summed E-state index contributed by atoms with van der Waals surface area (Å²) >= 11 is 0. The number of hydrogen-bond donors (Lipinski definition) is 0. The summed E-state index contributed by atoms with van der Waals surface area (Å²) in [6.45, 7) is 1.59. The number of nitrogens with zero attached hydrogens (tertiary/aromatic N) is 3. The van der Waals surface area contributed by atoms with Crippen molar-refractivity contribution in [3.63, 3.8) is 0 Å². The van der Waals surface area contributed by atoms with Gasteiger partial charge in [-0.1, -0.05) is 0 Å². The molecule has 0 aliphatic carbocycles. The topological polar surface area (TPSA) is 56.6 Å². The highest BCUT2D eigenvalue weighted by Crippen LogP contribution is 2.17. The second-order valence-corrected chi connectivity index (χ2v) is 3.65. The van der Waals surface area contributed by atoms with E-state index >= 15 is 0 Å². The van der Waals surface area contributed by atoms with Crippen molar-refractivity contribution < 1.29 is 14.3 Å². The first kappa shape index (κ1) is 10.9. The molecule has 1 aromatic heterocycles. The molecule has 1 fully saturated rings. The molecular formula is C10H15N3O3. The van der Waals surface area contributed by atoms with E-state index in [4.69, 9.17) is 9.47 Å². The Morgan fingerprint density at radius 3 is 3.12 bits per heavy atom. The smallest absolute Gasteiger partial charge is 0.331 e. The van der Waals surface area contributed by atoms with Crippen LogP contribution < -0.4 is 4.90 Å². The summed E-state index contributed by atoms with van der Waals surface area (Å²) in [5.74, 6) is 0.474. The van der Waals surface area contributed by atoms with E-state index in [1.165, 1.54) is 7.11 Å². The van der Waals surface area contributed by atoms with Gasteiger partial charge in [0.25, 0.3) is 0 Å². The minimum Gasteiger partial charge on any atom is -0.467 e. The molecule has 1 unspecified atom stereocenters. The molecule has 0 N–H and O–H groups in total. The molecule has 0 bridgehead atoms. The quantitative estimate of drug-likeness (QED) is 0.652. The minimum absolute atomic E-state index is 0.289. The second kappa shape index (κ2) is 4.52. The summed E-state index contributed by atoms with van der Waals surface area (Å²) in [7, 11) is 3.28. The number of methoxy groups -OCH3 is 1. The molecule has 1 aliphatic rings. The van der Waals surface area contributed by atoms with Gasteiger partial charge in [-0.15, -0.1) is 0 Å². The number of anilines is 1. The molecule has 1 aromatic rings. The van der Waals surface area contributed by atoms with E-state index in [9.17, 15) is 4.79 Å². The van der Waals surface area contributed by atoms with Gasteiger partial charge in [0.05, 0.1) is 20.3 Å². The number of rotatable bonds is 2. The fraction of sp³-hybridized carbons (Fsp3) is 0.600. The predicted octanol–water partition coefficient (Wildman–Crippen LogP) is -0.202. The largest absolute Gasteiger partial charge is 0.467 e. The maximum absolute atomic E-state index is 11.6. The first-order valence-electron chi connectivity index (χ1n) is 5.13. The SMILES string of the molecule is COC(=O)C1COCCN1c1nccn1C. The molecule has 0 aromatic carbocycles. The van der Waals surface area contributed by atoms with E-state index < -0.39 is 6.04 Å². The average Bonchev–Trinajstić information content (AvgIpc) is 2.74. The van der Waals surface area contributed by atoms with Gasteiger partial charge < -0.3 is 18.9 Å². The second-order valence-electron chi connectivity index (χ2n) is 3.65. The van der Waals surface area contributed by atoms with Crippen molar-refractivity contribution in [1.82, 2.24) is 9.55 Å². The van der Waals surface area contributed by atoms with Crippen LogP contribution in [0.2, 0.25) is 0 Å². The maximum Gasteiger partial charge on any atom is 0.331 e. The zero-order valence-electron chi connectivity index (χ0n) is 9.42. The molecular weight excluding hydrogens is 210 g/mol. The molecule has 1 saturated heterocycles. The number of ether oxygens (including phenoxy) is 2. The van der Waals surface area contributed by atoms with Crippen LogP contribution in [0.1, 0.15) is 0 Å². The van der Waals surface area contributed by atoms with E-state index in [0.29, 0.717) is 19.8 Å². The number of carbonyl (C=O) groups excluding carboxylic acids is 1. The minimum atomic E-state index is -0.403. The van der Waals surface area contributed by atoms with E-state index in [0.717, 1.165) is 5.95 Å². The highest BCUT2D eigenvalue weighted by Gasteiger charge is 2.32. The first-order chi connectivity index (χ1) is 7.74. The number of hydrogen-bond acceptors (Lipinski definition) is 5. The number of morpholine rings is 1. The van der Waals surface area contributed by atoms with Crippen LogP contribution in [-0.2, 0) is 21.3 Å². The van der Waals surface area contributed by atoms with Gasteiger partial charge in [-0.25, -0.2) is 9.78 Å². The van der Waals surface area contributed by atoms with Crippen molar-refractivity contribution in [2.75, 3.05) is 31.8 Å². The van der Waals surface area contributed by atoms with Crippen molar-refractivity contribution in [2.45, 2.75) is 6.04 Å². The van der Waals surface area contributed by atoms with Crippen molar-refractivity contribution >= 4 is 11.9 Å². The lowest BCUT2D eigenvalue weighted by Crippen LogP contribution is -2.51. The zero-order valence-corrected chi connectivity index (χ0v) is 9.42. The van der Waals surface area contributed by atoms with Crippen molar-refractivity contribution in [3.8, 4) is 0 Å². The van der Waals surface area contributed by atoms with Crippen LogP contribution in [0.4, 0.5) is 5.95 Å². The molecule has 2 heterocycles. The van der Waals surface area contributed by atoms with Crippen LogP contribution in [0.5, 0.6) is 0 Å². The molecule has 6 nitrogen and oxygen atoms in total. The van der Waals surface area contributed by atoms with E-state index in [-0.39, 0.29) is 5.97 Å². The van der Waals surface area contributed by atoms with Gasteiger partial charge in [0.2, 0.25) is 5.95 Å². The van der Waals surface area contributed by atoms with Crippen molar-refractivity contribution in [1.29, 1.82) is 0 Å². The normalized spacial score (nSPS) is 20.9. The molecule has 0 spiro atoms. The monoisotopic (exact) mass is 225 g/mol. The van der Waals surface area contributed by atoms with Gasteiger partial charge >= 0.3 is 5.97 Å². The lowest BCUT2D eigenvalue weighted by Gasteiger charge is -2.34. The average molecular weight is 225 g/mol. The highest BCUT2D eigenvalue weighted by atomic mass is 16.5. The molecule has 1 atom stereocenters. The van der Waals surface area contributed by atoms with Crippen molar-refractivity contribution in [3.05, 3.63) is 12.4 Å². The van der Waals surface area contributed by atoms with Crippen LogP contribution in [0.15, 0.2) is 12.4 Å². The Balaban J connectivity index is 2.23. The fourth-order valence-electron chi connectivity index (χ4n) is 1.81. The Labute approximate surface area is 93.8 Å². The standard InChI is InChI=1S/C10H15N3O3/c1-12-4-3-11-10(12)13-5-6-16-7-8(13)9(14)15-2/h3-4,8H,5-7H2,1-2H3. The molecule has 16 heavy (non-hydrogen) atoms. The van der Waals surface area contributed by atoms with Crippen molar-refractivity contribution in [2.24, 2.45) is 7.05 Å². The highest BCUT2D eigenvalue weighted by molar-refractivity contribution is 5.79. The molecule has 1 aliphatic heterocycles. The Morgan fingerprint density at radius 1 is 1.69 bits per heavy atom. The third kappa shape index (κ3) is 1.88. The molecule has 6 heteroatoms. The van der Waals surface area contributed by atoms with Gasteiger partial charge in [-0.2, -0.15) is 0 Å². The van der Waals surface area contributed by atoms with Gasteiger partial charge in [-0.3, -0.25) is 0 Å². The lowest BCUT2D eigenvalue weighted by molar-refractivity contribution is -0.144. The fourth-order valence-corrected chi connectivity index (χ4v) is 1.81. The lowest BCUT2D eigenvalue weighted by atomic mass is 10.2.